The van der Waals surface area contributed by atoms with E-state index in [0.717, 1.165) is 16.8 Å². The molecule has 1 N–H and O–H groups in total. The number of aryl methyl sites for hydroxylation is 1. The topological polar surface area (TPSA) is 107 Å². The van der Waals surface area contributed by atoms with Crippen molar-refractivity contribution in [2.75, 3.05) is 24.6 Å². The molecule has 1 aromatic carbocycles. The number of carbonyl (C=O) groups is 1. The molecule has 4 aliphatic rings. The lowest BCUT2D eigenvalue weighted by Gasteiger charge is -2.45. The highest BCUT2D eigenvalue weighted by atomic mass is 32.2. The standard InChI is InChI=1S/C26H30FN7O3S/c1-16-9-23-18(13-29-34(23)20-5-3-19(27)4-6-20)12-22(16)24-15-32(38(37)25-14-28-31(2)30-25)7-8-33(24)26(36)17-10-21(35)11-17/h3-6,9,12-14,17-18,21,23-24,35H,7-8,10-11,15H2,1-2H3. The molecule has 2 aliphatic heterocycles. The molecular weight excluding hydrogens is 509 g/mol. The van der Waals surface area contributed by atoms with E-state index in [4.69, 9.17) is 0 Å². The highest BCUT2D eigenvalue weighted by molar-refractivity contribution is 7.82. The summed E-state index contributed by atoms with van der Waals surface area (Å²) in [5.41, 5.74) is 2.83. The van der Waals surface area contributed by atoms with Gasteiger partial charge in [-0.15, -0.1) is 5.10 Å². The van der Waals surface area contributed by atoms with Gasteiger partial charge in [0.2, 0.25) is 5.91 Å². The largest absolute Gasteiger partial charge is 0.393 e. The van der Waals surface area contributed by atoms with Crippen LogP contribution in [-0.2, 0) is 22.8 Å². The van der Waals surface area contributed by atoms with Crippen molar-refractivity contribution in [2.45, 2.75) is 43.0 Å². The summed E-state index contributed by atoms with van der Waals surface area (Å²) in [5.74, 6) is -0.473. The number of piperazine rings is 1. The molecule has 0 radical (unpaired) electrons. The number of amides is 1. The number of aliphatic hydroxyl groups excluding tert-OH is 1. The lowest BCUT2D eigenvalue weighted by atomic mass is 9.79. The van der Waals surface area contributed by atoms with E-state index in [9.17, 15) is 18.5 Å². The van der Waals surface area contributed by atoms with E-state index in [1.54, 1.807) is 19.2 Å². The number of halogens is 1. The van der Waals surface area contributed by atoms with Gasteiger partial charge in [-0.1, -0.05) is 12.2 Å². The Morgan fingerprint density at radius 3 is 2.61 bits per heavy atom. The summed E-state index contributed by atoms with van der Waals surface area (Å²) < 4.78 is 28.7. The summed E-state index contributed by atoms with van der Waals surface area (Å²) in [4.78, 5) is 16.8. The average Bonchev–Trinajstić information content (AvgIpc) is 3.51. The normalized spacial score (nSPS) is 29.9. The Balaban J connectivity index is 1.28. The molecule has 200 valence electrons. The predicted molar refractivity (Wildman–Crippen MR) is 140 cm³/mol. The van der Waals surface area contributed by atoms with Crippen molar-refractivity contribution in [3.05, 3.63) is 59.6 Å². The van der Waals surface area contributed by atoms with E-state index in [1.807, 2.05) is 27.4 Å². The molecule has 1 saturated carbocycles. The zero-order valence-corrected chi connectivity index (χ0v) is 22.0. The second kappa shape index (κ2) is 9.83. The van der Waals surface area contributed by atoms with Crippen LogP contribution >= 0.6 is 0 Å². The number of hydrazone groups is 1. The van der Waals surface area contributed by atoms with Crippen molar-refractivity contribution in [1.82, 2.24) is 24.2 Å². The van der Waals surface area contributed by atoms with Gasteiger partial charge in [-0.25, -0.2) is 12.9 Å². The second-order valence-electron chi connectivity index (χ2n) is 10.3. The van der Waals surface area contributed by atoms with Gasteiger partial charge >= 0.3 is 0 Å². The van der Waals surface area contributed by atoms with Crippen LogP contribution in [0, 0.1) is 17.7 Å². The molecule has 0 spiro atoms. The minimum atomic E-state index is -1.51. The summed E-state index contributed by atoms with van der Waals surface area (Å²) in [7, 11) is 0.177. The van der Waals surface area contributed by atoms with Gasteiger partial charge in [0, 0.05) is 44.7 Å². The summed E-state index contributed by atoms with van der Waals surface area (Å²) in [6.45, 7) is 3.29. The number of carbonyl (C=O) groups excluding carboxylic acids is 1. The molecule has 2 aliphatic carbocycles. The molecule has 0 bridgehead atoms. The number of hydrogen-bond acceptors (Lipinski definition) is 7. The zero-order chi connectivity index (χ0) is 26.6. The van der Waals surface area contributed by atoms with Crippen LogP contribution < -0.4 is 5.01 Å². The fraction of sp³-hybridized carbons (Fsp3) is 0.462. The third-order valence-corrected chi connectivity index (χ3v) is 9.16. The lowest BCUT2D eigenvalue weighted by molar-refractivity contribution is -0.145. The first-order chi connectivity index (χ1) is 18.3. The highest BCUT2D eigenvalue weighted by Crippen LogP contribution is 2.38. The molecule has 10 nitrogen and oxygen atoms in total. The fourth-order valence-corrected chi connectivity index (χ4v) is 6.81. The molecule has 38 heavy (non-hydrogen) atoms. The van der Waals surface area contributed by atoms with Gasteiger partial charge in [-0.3, -0.25) is 9.80 Å². The molecule has 12 heteroatoms. The van der Waals surface area contributed by atoms with Gasteiger partial charge in [0.05, 0.1) is 30.1 Å². The minimum Gasteiger partial charge on any atom is -0.393 e. The van der Waals surface area contributed by atoms with E-state index in [2.05, 4.69) is 27.5 Å². The highest BCUT2D eigenvalue weighted by Gasteiger charge is 2.43. The molecule has 2 aromatic rings. The SMILES string of the molecule is CC1=CC2C(C=NN2c2ccc(F)cc2)C=C1C1CN(S(=O)c2cnn(C)n2)CCN1C(=O)C1CC(O)C1. The number of anilines is 1. The molecule has 1 aromatic heterocycles. The maximum Gasteiger partial charge on any atom is 0.226 e. The van der Waals surface area contributed by atoms with Crippen LogP contribution in [-0.4, -0.2) is 83.5 Å². The van der Waals surface area contributed by atoms with E-state index >= 15 is 0 Å². The van der Waals surface area contributed by atoms with Gasteiger partial charge in [-0.05, 0) is 55.2 Å². The van der Waals surface area contributed by atoms with Crippen molar-refractivity contribution in [1.29, 1.82) is 0 Å². The lowest BCUT2D eigenvalue weighted by Crippen LogP contribution is -2.59. The molecule has 1 amide bonds. The van der Waals surface area contributed by atoms with Gasteiger partial charge in [-0.2, -0.15) is 15.0 Å². The third-order valence-electron chi connectivity index (χ3n) is 7.82. The van der Waals surface area contributed by atoms with Gasteiger partial charge < -0.3 is 10.0 Å². The maximum absolute atomic E-state index is 13.5. The zero-order valence-electron chi connectivity index (χ0n) is 21.2. The van der Waals surface area contributed by atoms with Crippen LogP contribution in [0.4, 0.5) is 10.1 Å². The van der Waals surface area contributed by atoms with E-state index in [0.29, 0.717) is 37.5 Å². The number of rotatable bonds is 5. The Morgan fingerprint density at radius 2 is 1.92 bits per heavy atom. The molecule has 2 fully saturated rings. The molecular formula is C26H30FN7O3S. The van der Waals surface area contributed by atoms with Crippen molar-refractivity contribution in [3.8, 4) is 0 Å². The predicted octanol–water partition coefficient (Wildman–Crippen LogP) is 1.64. The first kappa shape index (κ1) is 25.1. The number of aliphatic hydroxyl groups is 1. The fourth-order valence-electron chi connectivity index (χ4n) is 5.70. The minimum absolute atomic E-state index is 0.0258. The van der Waals surface area contributed by atoms with Gasteiger partial charge in [0.25, 0.3) is 0 Å². The maximum atomic E-state index is 13.5. The number of benzene rings is 1. The molecule has 4 unspecified atom stereocenters. The Hall–Kier alpha value is -3.22. The van der Waals surface area contributed by atoms with Crippen LogP contribution in [0.3, 0.4) is 0 Å². The average molecular weight is 540 g/mol. The van der Waals surface area contributed by atoms with Gasteiger partial charge in [0.1, 0.15) is 16.8 Å². The number of hydrogen-bond donors (Lipinski definition) is 1. The van der Waals surface area contributed by atoms with Crippen molar-refractivity contribution in [2.24, 2.45) is 24.0 Å². The summed E-state index contributed by atoms with van der Waals surface area (Å²) >= 11 is 0. The Kier molecular flexibility index (Phi) is 6.48. The Morgan fingerprint density at radius 1 is 1.16 bits per heavy atom. The molecule has 6 rings (SSSR count). The van der Waals surface area contributed by atoms with Crippen LogP contribution in [0.2, 0.25) is 0 Å². The quantitative estimate of drug-likeness (QED) is 0.619. The summed E-state index contributed by atoms with van der Waals surface area (Å²) in [6, 6.07) is 5.92. The number of fused-ring (bicyclic) bond motifs is 1. The summed E-state index contributed by atoms with van der Waals surface area (Å²) in [5, 5.41) is 25.0. The van der Waals surface area contributed by atoms with E-state index in [1.165, 1.54) is 23.1 Å². The number of aromatic nitrogens is 3. The molecule has 1 saturated heterocycles. The number of nitrogens with zero attached hydrogens (tertiary/aromatic N) is 7. The van der Waals surface area contributed by atoms with Gasteiger partial charge in [0.15, 0.2) is 5.03 Å². The summed E-state index contributed by atoms with van der Waals surface area (Å²) in [6.07, 6.45) is 8.23. The molecule has 4 atom stereocenters. The van der Waals surface area contributed by atoms with E-state index < -0.39 is 17.1 Å². The first-order valence-corrected chi connectivity index (χ1v) is 13.9. The third kappa shape index (κ3) is 4.50. The second-order valence-corrected chi connectivity index (χ2v) is 11.7. The first-order valence-electron chi connectivity index (χ1n) is 12.8. The Labute approximate surface area is 222 Å². The van der Waals surface area contributed by atoms with Crippen molar-refractivity contribution in [3.63, 3.8) is 0 Å². The van der Waals surface area contributed by atoms with Crippen molar-refractivity contribution < 1.29 is 18.5 Å². The molecule has 3 heterocycles. The Bertz CT molecular complexity index is 1350. The van der Waals surface area contributed by atoms with Crippen LogP contribution in [0.15, 0.2) is 63.9 Å². The monoisotopic (exact) mass is 539 g/mol. The van der Waals surface area contributed by atoms with E-state index in [-0.39, 0.29) is 35.6 Å². The smallest absolute Gasteiger partial charge is 0.226 e. The van der Waals surface area contributed by atoms with Crippen LogP contribution in [0.25, 0.3) is 0 Å². The van der Waals surface area contributed by atoms with Crippen molar-refractivity contribution >= 4 is 28.8 Å². The van der Waals surface area contributed by atoms with Crippen LogP contribution in [0.5, 0.6) is 0 Å². The van der Waals surface area contributed by atoms with Crippen LogP contribution in [0.1, 0.15) is 19.8 Å².